The van der Waals surface area contributed by atoms with Crippen molar-refractivity contribution in [3.8, 4) is 5.75 Å². The number of urea groups is 1. The van der Waals surface area contributed by atoms with Gasteiger partial charge in [-0.2, -0.15) is 18.3 Å². The van der Waals surface area contributed by atoms with Gasteiger partial charge in [-0.15, -0.1) is 0 Å². The van der Waals surface area contributed by atoms with Crippen molar-refractivity contribution in [2.24, 2.45) is 7.05 Å². The molecule has 0 saturated carbocycles. The minimum absolute atomic E-state index is 0.155. The molecule has 6 nitrogen and oxygen atoms in total. The maximum Gasteiger partial charge on any atom is 0.416 e. The predicted octanol–water partition coefficient (Wildman–Crippen LogP) is 2.98. The molecule has 2 aromatic rings. The smallest absolute Gasteiger partial charge is 0.416 e. The van der Waals surface area contributed by atoms with Gasteiger partial charge in [0.15, 0.2) is 0 Å². The Kier molecular flexibility index (Phi) is 5.32. The number of carbonyl (C=O) groups excluding carboxylic acids is 1. The normalized spacial score (nSPS) is 11.2. The molecule has 1 aromatic heterocycles. The van der Waals surface area contributed by atoms with E-state index in [9.17, 15) is 18.0 Å². The number of alkyl halides is 3. The zero-order valence-corrected chi connectivity index (χ0v) is 13.2. The van der Waals surface area contributed by atoms with Crippen molar-refractivity contribution in [3.05, 3.63) is 42.2 Å². The van der Waals surface area contributed by atoms with Gasteiger partial charge in [0.2, 0.25) is 0 Å². The first-order valence-electron chi connectivity index (χ1n) is 7.06. The number of likely N-dealkylation sites (N-methyl/N-ethyl adjacent to an activating group) is 1. The summed E-state index contributed by atoms with van der Waals surface area (Å²) in [5, 5.41) is 6.59. The fraction of sp³-hybridized carbons (Fsp3) is 0.333. The zero-order valence-electron chi connectivity index (χ0n) is 13.2. The average Bonchev–Trinajstić information content (AvgIpc) is 2.91. The topological polar surface area (TPSA) is 59.4 Å². The highest BCUT2D eigenvalue weighted by atomic mass is 19.4. The van der Waals surface area contributed by atoms with E-state index in [2.05, 4.69) is 10.4 Å². The molecular weight excluding hydrogens is 325 g/mol. The molecule has 0 aliphatic carbocycles. The number of hydrogen-bond acceptors (Lipinski definition) is 3. The number of hydrogen-bond donors (Lipinski definition) is 1. The van der Waals surface area contributed by atoms with Crippen LogP contribution in [0.25, 0.3) is 0 Å². The van der Waals surface area contributed by atoms with Crippen LogP contribution in [0.5, 0.6) is 5.75 Å². The summed E-state index contributed by atoms with van der Waals surface area (Å²) >= 11 is 0. The van der Waals surface area contributed by atoms with Crippen LogP contribution in [0.1, 0.15) is 5.56 Å². The summed E-state index contributed by atoms with van der Waals surface area (Å²) in [6.07, 6.45) is -1.20. The van der Waals surface area contributed by atoms with Crippen molar-refractivity contribution < 1.29 is 22.7 Å². The molecule has 0 unspecified atom stereocenters. The van der Waals surface area contributed by atoms with E-state index in [1.54, 1.807) is 25.0 Å². The molecular formula is C15H17F3N4O2. The lowest BCUT2D eigenvalue weighted by molar-refractivity contribution is -0.137. The number of aryl methyl sites for hydroxylation is 1. The monoisotopic (exact) mass is 342 g/mol. The Morgan fingerprint density at radius 2 is 2.00 bits per heavy atom. The number of aromatic nitrogens is 2. The molecule has 0 bridgehead atoms. The third-order valence-electron chi connectivity index (χ3n) is 3.18. The Balaban J connectivity index is 1.77. The van der Waals surface area contributed by atoms with Gasteiger partial charge in [-0.3, -0.25) is 4.68 Å². The minimum atomic E-state index is -4.37. The first-order valence-corrected chi connectivity index (χ1v) is 7.06. The molecule has 9 heteroatoms. The lowest BCUT2D eigenvalue weighted by Crippen LogP contribution is -2.34. The van der Waals surface area contributed by atoms with Gasteiger partial charge in [0, 0.05) is 20.3 Å². The lowest BCUT2D eigenvalue weighted by Gasteiger charge is -2.17. The van der Waals surface area contributed by atoms with Crippen molar-refractivity contribution in [1.82, 2.24) is 14.7 Å². The van der Waals surface area contributed by atoms with Gasteiger partial charge in [-0.25, -0.2) is 4.79 Å². The van der Waals surface area contributed by atoms with Crippen molar-refractivity contribution in [2.45, 2.75) is 6.18 Å². The molecule has 0 fully saturated rings. The molecule has 0 radical (unpaired) electrons. The van der Waals surface area contributed by atoms with Gasteiger partial charge < -0.3 is 15.0 Å². The van der Waals surface area contributed by atoms with Crippen LogP contribution < -0.4 is 10.1 Å². The number of anilines is 1. The van der Waals surface area contributed by atoms with Gasteiger partial charge in [-0.05, 0) is 24.3 Å². The van der Waals surface area contributed by atoms with E-state index in [4.69, 9.17) is 4.74 Å². The molecule has 0 aliphatic heterocycles. The van der Waals surface area contributed by atoms with E-state index >= 15 is 0 Å². The van der Waals surface area contributed by atoms with Crippen molar-refractivity contribution in [1.29, 1.82) is 0 Å². The first-order chi connectivity index (χ1) is 11.3. The summed E-state index contributed by atoms with van der Waals surface area (Å²) in [5.74, 6) is 0.309. The molecule has 1 aromatic carbocycles. The highest BCUT2D eigenvalue weighted by molar-refractivity contribution is 5.88. The Morgan fingerprint density at radius 3 is 2.54 bits per heavy atom. The van der Waals surface area contributed by atoms with Crippen LogP contribution in [0, 0.1) is 0 Å². The molecule has 1 heterocycles. The van der Waals surface area contributed by atoms with Crippen LogP contribution in [0.4, 0.5) is 23.7 Å². The van der Waals surface area contributed by atoms with Gasteiger partial charge in [-0.1, -0.05) is 0 Å². The summed E-state index contributed by atoms with van der Waals surface area (Å²) in [7, 11) is 3.32. The average molecular weight is 342 g/mol. The van der Waals surface area contributed by atoms with E-state index in [1.165, 1.54) is 23.2 Å². The van der Waals surface area contributed by atoms with Crippen molar-refractivity contribution in [2.75, 3.05) is 25.5 Å². The predicted molar refractivity (Wildman–Crippen MR) is 81.8 cm³/mol. The third kappa shape index (κ3) is 4.90. The molecule has 2 rings (SSSR count). The minimum Gasteiger partial charge on any atom is -0.492 e. The largest absolute Gasteiger partial charge is 0.492 e. The molecule has 0 spiro atoms. The highest BCUT2D eigenvalue weighted by Crippen LogP contribution is 2.30. The van der Waals surface area contributed by atoms with Crippen LogP contribution in [0.3, 0.4) is 0 Å². The molecule has 0 saturated heterocycles. The summed E-state index contributed by atoms with van der Waals surface area (Å²) in [4.78, 5) is 13.3. The second-order valence-corrected chi connectivity index (χ2v) is 5.12. The number of nitrogens with zero attached hydrogens (tertiary/aromatic N) is 3. The number of nitrogens with one attached hydrogen (secondary N) is 1. The van der Waals surface area contributed by atoms with Crippen molar-refractivity contribution in [3.63, 3.8) is 0 Å². The van der Waals surface area contributed by atoms with E-state index in [1.807, 2.05) is 0 Å². The van der Waals surface area contributed by atoms with Crippen LogP contribution in [-0.2, 0) is 13.2 Å². The van der Waals surface area contributed by atoms with Gasteiger partial charge in [0.1, 0.15) is 12.4 Å². The third-order valence-corrected chi connectivity index (χ3v) is 3.18. The number of halogens is 3. The number of ether oxygens (including phenoxy) is 1. The molecule has 130 valence electrons. The van der Waals surface area contributed by atoms with Crippen LogP contribution in [0.2, 0.25) is 0 Å². The van der Waals surface area contributed by atoms with Crippen molar-refractivity contribution >= 4 is 11.7 Å². The van der Waals surface area contributed by atoms with Crippen LogP contribution in [-0.4, -0.2) is 40.9 Å². The standard InChI is InChI=1S/C15H17F3N4O2/c1-21(14(23)20-12-9-19-22(2)10-12)7-8-24-13-5-3-11(4-6-13)15(16,17)18/h3-6,9-10H,7-8H2,1-2H3,(H,20,23). The lowest BCUT2D eigenvalue weighted by atomic mass is 10.2. The molecule has 24 heavy (non-hydrogen) atoms. The van der Waals surface area contributed by atoms with Gasteiger partial charge >= 0.3 is 12.2 Å². The van der Waals surface area contributed by atoms with Gasteiger partial charge in [0.25, 0.3) is 0 Å². The highest BCUT2D eigenvalue weighted by Gasteiger charge is 2.30. The fourth-order valence-corrected chi connectivity index (χ4v) is 1.85. The Bertz CT molecular complexity index is 683. The first kappa shape index (κ1) is 17.6. The molecule has 1 N–H and O–H groups in total. The maximum absolute atomic E-state index is 12.4. The zero-order chi connectivity index (χ0) is 17.7. The number of amides is 2. The Morgan fingerprint density at radius 1 is 1.33 bits per heavy atom. The Labute approximate surface area is 136 Å². The van der Waals surface area contributed by atoms with E-state index in [0.717, 1.165) is 12.1 Å². The van der Waals surface area contributed by atoms with E-state index in [0.29, 0.717) is 11.4 Å². The van der Waals surface area contributed by atoms with E-state index < -0.39 is 11.7 Å². The summed E-state index contributed by atoms with van der Waals surface area (Å²) in [5.41, 5.74) is -0.166. The van der Waals surface area contributed by atoms with Gasteiger partial charge in [0.05, 0.1) is 24.0 Å². The second kappa shape index (κ2) is 7.24. The maximum atomic E-state index is 12.4. The van der Waals surface area contributed by atoms with E-state index in [-0.39, 0.29) is 19.2 Å². The second-order valence-electron chi connectivity index (χ2n) is 5.12. The molecule has 0 atom stereocenters. The van der Waals surface area contributed by atoms with Crippen LogP contribution >= 0.6 is 0 Å². The summed E-state index contributed by atoms with van der Waals surface area (Å²) in [6.45, 7) is 0.426. The summed E-state index contributed by atoms with van der Waals surface area (Å²) in [6, 6.07) is 4.07. The quantitative estimate of drug-likeness (QED) is 0.909. The SMILES string of the molecule is CN(CCOc1ccc(C(F)(F)F)cc1)C(=O)Nc1cnn(C)c1. The Hall–Kier alpha value is -2.71. The number of rotatable bonds is 5. The number of carbonyl (C=O) groups is 1. The van der Waals surface area contributed by atoms with Crippen LogP contribution in [0.15, 0.2) is 36.7 Å². The fourth-order valence-electron chi connectivity index (χ4n) is 1.85. The number of benzene rings is 1. The molecule has 2 amide bonds. The summed E-state index contributed by atoms with van der Waals surface area (Å²) < 4.78 is 44.2. The molecule has 0 aliphatic rings.